The van der Waals surface area contributed by atoms with Crippen molar-refractivity contribution in [3.05, 3.63) is 22.8 Å². The van der Waals surface area contributed by atoms with Gasteiger partial charge in [0.1, 0.15) is 5.82 Å². The number of nitrogens with zero attached hydrogens (tertiary/aromatic N) is 1. The Bertz CT molecular complexity index is 276. The van der Waals surface area contributed by atoms with E-state index in [0.717, 1.165) is 18.1 Å². The summed E-state index contributed by atoms with van der Waals surface area (Å²) in [5, 5.41) is 6.86. The van der Waals surface area contributed by atoms with E-state index in [2.05, 4.69) is 22.5 Å². The Kier molecular flexibility index (Phi) is 3.99. The normalized spacial score (nSPS) is 10.1. The van der Waals surface area contributed by atoms with Crippen molar-refractivity contribution in [3.8, 4) is 0 Å². The van der Waals surface area contributed by atoms with Gasteiger partial charge in [0.2, 0.25) is 0 Å². The van der Waals surface area contributed by atoms with E-state index < -0.39 is 0 Å². The van der Waals surface area contributed by atoms with E-state index in [4.69, 9.17) is 11.6 Å². The van der Waals surface area contributed by atoms with Crippen molar-refractivity contribution in [2.75, 3.05) is 18.9 Å². The molecule has 0 bridgehead atoms. The summed E-state index contributed by atoms with van der Waals surface area (Å²) >= 11 is 5.96. The number of pyridine rings is 1. The van der Waals surface area contributed by atoms with Crippen LogP contribution in [0.3, 0.4) is 0 Å². The Hall–Kier alpha value is -0.800. The molecule has 0 saturated carbocycles. The maximum Gasteiger partial charge on any atom is 0.126 e. The second kappa shape index (κ2) is 5.04. The largest absolute Gasteiger partial charge is 0.373 e. The molecule has 1 aromatic heterocycles. The molecule has 2 N–H and O–H groups in total. The van der Waals surface area contributed by atoms with Crippen molar-refractivity contribution >= 4 is 17.4 Å². The summed E-state index contributed by atoms with van der Waals surface area (Å²) in [7, 11) is 1.84. The SMILES string of the molecule is CCNCc1nc(NC)ccc1Cl. The van der Waals surface area contributed by atoms with Crippen molar-refractivity contribution in [1.29, 1.82) is 0 Å². The number of aromatic nitrogens is 1. The highest BCUT2D eigenvalue weighted by molar-refractivity contribution is 6.31. The summed E-state index contributed by atoms with van der Waals surface area (Å²) in [6.45, 7) is 3.68. The van der Waals surface area contributed by atoms with E-state index in [-0.39, 0.29) is 0 Å². The molecule has 0 radical (unpaired) electrons. The van der Waals surface area contributed by atoms with Crippen molar-refractivity contribution < 1.29 is 0 Å². The van der Waals surface area contributed by atoms with Gasteiger partial charge in [0, 0.05) is 13.6 Å². The summed E-state index contributed by atoms with van der Waals surface area (Å²) < 4.78 is 0. The molecule has 0 saturated heterocycles. The highest BCUT2D eigenvalue weighted by Crippen LogP contribution is 2.15. The predicted molar refractivity (Wildman–Crippen MR) is 56.2 cm³/mol. The third kappa shape index (κ3) is 2.86. The smallest absolute Gasteiger partial charge is 0.126 e. The van der Waals surface area contributed by atoms with E-state index in [0.29, 0.717) is 11.6 Å². The molecule has 1 heterocycles. The van der Waals surface area contributed by atoms with Gasteiger partial charge < -0.3 is 10.6 Å². The highest BCUT2D eigenvalue weighted by atomic mass is 35.5. The second-order valence-corrected chi connectivity index (χ2v) is 3.06. The topological polar surface area (TPSA) is 37.0 Å². The number of nitrogens with one attached hydrogen (secondary N) is 2. The monoisotopic (exact) mass is 199 g/mol. The van der Waals surface area contributed by atoms with Crippen LogP contribution in [0.2, 0.25) is 5.02 Å². The molecule has 13 heavy (non-hydrogen) atoms. The molecular weight excluding hydrogens is 186 g/mol. The first-order valence-corrected chi connectivity index (χ1v) is 4.69. The molecule has 0 unspecified atom stereocenters. The minimum atomic E-state index is 0.708. The molecule has 0 aromatic carbocycles. The zero-order valence-electron chi connectivity index (χ0n) is 7.89. The Balaban J connectivity index is 2.78. The van der Waals surface area contributed by atoms with E-state index in [1.807, 2.05) is 19.2 Å². The van der Waals surface area contributed by atoms with Crippen molar-refractivity contribution in [1.82, 2.24) is 10.3 Å². The number of hydrogen-bond acceptors (Lipinski definition) is 3. The van der Waals surface area contributed by atoms with Gasteiger partial charge in [0.15, 0.2) is 0 Å². The Morgan fingerprint density at radius 3 is 2.85 bits per heavy atom. The van der Waals surface area contributed by atoms with Crippen LogP contribution in [0, 0.1) is 0 Å². The Morgan fingerprint density at radius 2 is 2.23 bits per heavy atom. The number of hydrogen-bond donors (Lipinski definition) is 2. The Morgan fingerprint density at radius 1 is 1.46 bits per heavy atom. The summed E-state index contributed by atoms with van der Waals surface area (Å²) in [5.41, 5.74) is 0.885. The van der Waals surface area contributed by atoms with Crippen LogP contribution in [0.4, 0.5) is 5.82 Å². The van der Waals surface area contributed by atoms with Gasteiger partial charge in [-0.1, -0.05) is 18.5 Å². The molecule has 0 spiro atoms. The van der Waals surface area contributed by atoms with Crippen LogP contribution in [-0.2, 0) is 6.54 Å². The zero-order chi connectivity index (χ0) is 9.68. The van der Waals surface area contributed by atoms with Gasteiger partial charge in [-0.15, -0.1) is 0 Å². The maximum absolute atomic E-state index is 5.96. The van der Waals surface area contributed by atoms with E-state index in [9.17, 15) is 0 Å². The summed E-state index contributed by atoms with van der Waals surface area (Å²) in [6.07, 6.45) is 0. The van der Waals surface area contributed by atoms with E-state index in [1.165, 1.54) is 0 Å². The molecule has 0 aliphatic carbocycles. The van der Waals surface area contributed by atoms with Gasteiger partial charge in [-0.05, 0) is 18.7 Å². The van der Waals surface area contributed by atoms with Crippen molar-refractivity contribution in [2.24, 2.45) is 0 Å². The molecule has 0 atom stereocenters. The first-order valence-electron chi connectivity index (χ1n) is 4.31. The lowest BCUT2D eigenvalue weighted by Gasteiger charge is -2.06. The molecule has 0 aliphatic rings. The average Bonchev–Trinajstić information content (AvgIpc) is 2.17. The van der Waals surface area contributed by atoms with E-state index >= 15 is 0 Å². The van der Waals surface area contributed by atoms with Gasteiger partial charge in [0.05, 0.1) is 10.7 Å². The van der Waals surface area contributed by atoms with Crippen molar-refractivity contribution in [3.63, 3.8) is 0 Å². The summed E-state index contributed by atoms with van der Waals surface area (Å²) in [4.78, 5) is 4.32. The molecule has 3 nitrogen and oxygen atoms in total. The predicted octanol–water partition coefficient (Wildman–Crippen LogP) is 1.89. The van der Waals surface area contributed by atoms with Crippen LogP contribution in [0.1, 0.15) is 12.6 Å². The fourth-order valence-corrected chi connectivity index (χ4v) is 1.16. The first kappa shape index (κ1) is 10.3. The van der Waals surface area contributed by atoms with Gasteiger partial charge in [-0.2, -0.15) is 0 Å². The maximum atomic E-state index is 5.96. The number of anilines is 1. The number of halogens is 1. The molecule has 0 fully saturated rings. The van der Waals surface area contributed by atoms with E-state index in [1.54, 1.807) is 0 Å². The molecule has 4 heteroatoms. The van der Waals surface area contributed by atoms with Crippen LogP contribution in [0.15, 0.2) is 12.1 Å². The van der Waals surface area contributed by atoms with Gasteiger partial charge >= 0.3 is 0 Å². The highest BCUT2D eigenvalue weighted by Gasteiger charge is 2.01. The second-order valence-electron chi connectivity index (χ2n) is 2.66. The van der Waals surface area contributed by atoms with Crippen molar-refractivity contribution in [2.45, 2.75) is 13.5 Å². The fourth-order valence-electron chi connectivity index (χ4n) is 0.991. The van der Waals surface area contributed by atoms with Gasteiger partial charge in [-0.25, -0.2) is 4.98 Å². The van der Waals surface area contributed by atoms with Gasteiger partial charge in [0.25, 0.3) is 0 Å². The van der Waals surface area contributed by atoms with Crippen LogP contribution in [0.25, 0.3) is 0 Å². The summed E-state index contributed by atoms with van der Waals surface area (Å²) in [6, 6.07) is 3.71. The minimum Gasteiger partial charge on any atom is -0.373 e. The average molecular weight is 200 g/mol. The lowest BCUT2D eigenvalue weighted by Crippen LogP contribution is -2.13. The third-order valence-corrected chi connectivity index (χ3v) is 2.06. The first-order chi connectivity index (χ1) is 6.27. The molecule has 1 rings (SSSR count). The molecule has 1 aromatic rings. The summed E-state index contributed by atoms with van der Waals surface area (Å²) in [5.74, 6) is 0.845. The molecular formula is C9H14ClN3. The molecule has 72 valence electrons. The molecule has 0 amide bonds. The molecule has 0 aliphatic heterocycles. The number of rotatable bonds is 4. The quantitative estimate of drug-likeness (QED) is 0.778. The van der Waals surface area contributed by atoms with Crippen LogP contribution in [-0.4, -0.2) is 18.6 Å². The third-order valence-electron chi connectivity index (χ3n) is 1.72. The minimum absolute atomic E-state index is 0.708. The standard InChI is InChI=1S/C9H14ClN3/c1-3-12-6-8-7(10)4-5-9(11-2)13-8/h4-5,12H,3,6H2,1-2H3,(H,11,13). The fraction of sp³-hybridized carbons (Fsp3) is 0.444. The van der Waals surface area contributed by atoms with Crippen LogP contribution in [0.5, 0.6) is 0 Å². The van der Waals surface area contributed by atoms with Crippen LogP contribution < -0.4 is 10.6 Å². The Labute approximate surface area is 83.5 Å². The lowest BCUT2D eigenvalue weighted by atomic mass is 10.3. The van der Waals surface area contributed by atoms with Gasteiger partial charge in [-0.3, -0.25) is 0 Å². The lowest BCUT2D eigenvalue weighted by molar-refractivity contribution is 0.711. The zero-order valence-corrected chi connectivity index (χ0v) is 8.65. The van der Waals surface area contributed by atoms with Crippen LogP contribution >= 0.6 is 11.6 Å².